The summed E-state index contributed by atoms with van der Waals surface area (Å²) >= 11 is 0. The van der Waals surface area contributed by atoms with Gasteiger partial charge in [0.1, 0.15) is 11.5 Å². The molecule has 0 N–H and O–H groups in total. The maximum atomic E-state index is 12.2. The zero-order chi connectivity index (χ0) is 11.1. The first-order chi connectivity index (χ1) is 7.61. The summed E-state index contributed by atoms with van der Waals surface area (Å²) in [4.78, 5) is 12.2. The van der Waals surface area contributed by atoms with Crippen molar-refractivity contribution in [2.75, 3.05) is 0 Å². The molecule has 2 fully saturated rings. The molecule has 0 saturated heterocycles. The number of rotatable bonds is 0. The van der Waals surface area contributed by atoms with E-state index < -0.39 is 0 Å². The van der Waals surface area contributed by atoms with Crippen LogP contribution in [0.5, 0.6) is 0 Å². The lowest BCUT2D eigenvalue weighted by Gasteiger charge is -2.36. The van der Waals surface area contributed by atoms with E-state index in [4.69, 9.17) is 4.42 Å². The van der Waals surface area contributed by atoms with Crippen molar-refractivity contribution in [2.24, 2.45) is 23.2 Å². The van der Waals surface area contributed by atoms with E-state index in [0.29, 0.717) is 17.6 Å². The van der Waals surface area contributed by atoms with Crippen LogP contribution in [0.25, 0.3) is 0 Å². The molecular weight excluding hydrogens is 200 g/mol. The number of fused-ring (bicyclic) bond motifs is 4. The summed E-state index contributed by atoms with van der Waals surface area (Å²) in [5, 5.41) is 0. The molecule has 84 valence electrons. The van der Waals surface area contributed by atoms with Crippen molar-refractivity contribution in [1.82, 2.24) is 0 Å². The van der Waals surface area contributed by atoms with Crippen molar-refractivity contribution in [3.63, 3.8) is 0 Å². The minimum atomic E-state index is 0.207. The van der Waals surface area contributed by atoms with Gasteiger partial charge in [-0.2, -0.15) is 0 Å². The highest BCUT2D eigenvalue weighted by atomic mass is 16.3. The normalized spacial score (nSPS) is 43.9. The highest BCUT2D eigenvalue weighted by Gasteiger charge is 2.66. The number of carbonyl (C=O) groups excluding carboxylic acids is 1. The van der Waals surface area contributed by atoms with Crippen LogP contribution in [0, 0.1) is 30.1 Å². The smallest absolute Gasteiger partial charge is 0.140 e. The second kappa shape index (κ2) is 2.44. The maximum absolute atomic E-state index is 12.2. The summed E-state index contributed by atoms with van der Waals surface area (Å²) in [6, 6.07) is 0. The van der Waals surface area contributed by atoms with E-state index >= 15 is 0 Å². The molecule has 0 unspecified atom stereocenters. The van der Waals surface area contributed by atoms with E-state index in [1.54, 1.807) is 0 Å². The van der Waals surface area contributed by atoms with Crippen LogP contribution in [-0.4, -0.2) is 5.78 Å². The summed E-state index contributed by atoms with van der Waals surface area (Å²) in [5.74, 6) is 3.03. The molecule has 16 heavy (non-hydrogen) atoms. The van der Waals surface area contributed by atoms with Crippen LogP contribution in [0.3, 0.4) is 0 Å². The largest absolute Gasteiger partial charge is 0.469 e. The molecule has 4 atom stereocenters. The van der Waals surface area contributed by atoms with Crippen LogP contribution < -0.4 is 0 Å². The van der Waals surface area contributed by atoms with E-state index in [1.165, 1.54) is 11.1 Å². The van der Waals surface area contributed by atoms with E-state index in [1.807, 2.05) is 6.26 Å². The molecule has 0 spiro atoms. The van der Waals surface area contributed by atoms with Gasteiger partial charge < -0.3 is 4.42 Å². The molecule has 2 nitrogen and oxygen atoms in total. The van der Waals surface area contributed by atoms with Gasteiger partial charge in [0.05, 0.1) is 6.26 Å². The average Bonchev–Trinajstić information content (AvgIpc) is 2.94. The van der Waals surface area contributed by atoms with Gasteiger partial charge in [-0.3, -0.25) is 4.79 Å². The predicted molar refractivity (Wildman–Crippen MR) is 59.1 cm³/mol. The second-order valence-electron chi connectivity index (χ2n) is 6.11. The van der Waals surface area contributed by atoms with Crippen molar-refractivity contribution in [1.29, 1.82) is 0 Å². The average molecular weight is 216 g/mol. The Balaban J connectivity index is 1.84. The van der Waals surface area contributed by atoms with Crippen molar-refractivity contribution in [2.45, 2.75) is 33.1 Å². The number of carbonyl (C=O) groups is 1. The van der Waals surface area contributed by atoms with Crippen molar-refractivity contribution < 1.29 is 9.21 Å². The van der Waals surface area contributed by atoms with Crippen LogP contribution in [-0.2, 0) is 17.6 Å². The van der Waals surface area contributed by atoms with E-state index in [0.717, 1.165) is 25.0 Å². The summed E-state index contributed by atoms with van der Waals surface area (Å²) in [5.41, 5.74) is 2.75. The quantitative estimate of drug-likeness (QED) is 0.667. The highest BCUT2D eigenvalue weighted by Crippen LogP contribution is 2.66. The maximum Gasteiger partial charge on any atom is 0.140 e. The lowest BCUT2D eigenvalue weighted by Crippen LogP contribution is -2.37. The van der Waals surface area contributed by atoms with Gasteiger partial charge >= 0.3 is 0 Å². The molecule has 0 aliphatic heterocycles. The summed E-state index contributed by atoms with van der Waals surface area (Å²) in [6.45, 7) is 4.39. The predicted octanol–water partition coefficient (Wildman–Crippen LogP) is 2.53. The van der Waals surface area contributed by atoms with Gasteiger partial charge in [-0.05, 0) is 42.2 Å². The molecular formula is C14H16O2. The Bertz CT molecular complexity index is 499. The molecule has 1 heterocycles. The SMILES string of the molecule is Cc1coc2c1C[C@H]1C(=O)[C@@H]3C[C@@H]3[C@]1(C)C2. The van der Waals surface area contributed by atoms with Gasteiger partial charge in [-0.25, -0.2) is 0 Å². The van der Waals surface area contributed by atoms with Gasteiger partial charge in [-0.1, -0.05) is 6.92 Å². The fourth-order valence-corrected chi connectivity index (χ4v) is 4.16. The fraction of sp³-hybridized carbons (Fsp3) is 0.643. The van der Waals surface area contributed by atoms with Gasteiger partial charge in [0.15, 0.2) is 0 Å². The fourth-order valence-electron chi connectivity index (χ4n) is 4.16. The molecule has 2 heteroatoms. The van der Waals surface area contributed by atoms with Gasteiger partial charge in [0.25, 0.3) is 0 Å². The minimum absolute atomic E-state index is 0.207. The zero-order valence-corrected chi connectivity index (χ0v) is 9.75. The summed E-state index contributed by atoms with van der Waals surface area (Å²) < 4.78 is 5.65. The number of ketones is 1. The lowest BCUT2D eigenvalue weighted by molar-refractivity contribution is -0.124. The lowest BCUT2D eigenvalue weighted by atomic mass is 9.66. The monoisotopic (exact) mass is 216 g/mol. The van der Waals surface area contributed by atoms with E-state index in [-0.39, 0.29) is 11.3 Å². The number of hydrogen-bond donors (Lipinski definition) is 0. The molecule has 3 aliphatic rings. The van der Waals surface area contributed by atoms with E-state index in [9.17, 15) is 4.79 Å². The molecule has 4 rings (SSSR count). The number of furan rings is 1. The second-order valence-corrected chi connectivity index (χ2v) is 6.11. The minimum Gasteiger partial charge on any atom is -0.469 e. The third kappa shape index (κ3) is 0.839. The van der Waals surface area contributed by atoms with Crippen LogP contribution in [0.2, 0.25) is 0 Å². The highest BCUT2D eigenvalue weighted by molar-refractivity contribution is 5.91. The Morgan fingerprint density at radius 1 is 1.50 bits per heavy atom. The number of hydrogen-bond acceptors (Lipinski definition) is 2. The third-order valence-corrected chi connectivity index (χ3v) is 5.28. The number of aryl methyl sites for hydroxylation is 1. The van der Waals surface area contributed by atoms with Crippen molar-refractivity contribution in [3.8, 4) is 0 Å². The molecule has 0 bridgehead atoms. The first kappa shape index (κ1) is 9.03. The Morgan fingerprint density at radius 3 is 3.12 bits per heavy atom. The van der Waals surface area contributed by atoms with Crippen LogP contribution in [0.4, 0.5) is 0 Å². The number of Topliss-reactive ketones (excluding diaryl/α,β-unsaturated/α-hetero) is 1. The Labute approximate surface area is 95.0 Å². The Hall–Kier alpha value is -1.05. The molecule has 2 saturated carbocycles. The molecule has 1 aromatic rings. The standard InChI is InChI=1S/C14H16O2/c1-7-6-16-12-5-14(2)10-4-9(10)13(15)11(14)3-8(7)12/h6,9-11H,3-5H2,1-2H3/t9-,10+,11+,14+/m1/s1. The first-order valence-corrected chi connectivity index (χ1v) is 6.21. The molecule has 1 aromatic heterocycles. The van der Waals surface area contributed by atoms with Gasteiger partial charge in [0, 0.05) is 18.3 Å². The van der Waals surface area contributed by atoms with Crippen LogP contribution >= 0.6 is 0 Å². The summed E-state index contributed by atoms with van der Waals surface area (Å²) in [7, 11) is 0. The van der Waals surface area contributed by atoms with Crippen LogP contribution in [0.15, 0.2) is 10.7 Å². The first-order valence-electron chi connectivity index (χ1n) is 6.21. The van der Waals surface area contributed by atoms with Gasteiger partial charge in [-0.15, -0.1) is 0 Å². The molecule has 0 radical (unpaired) electrons. The zero-order valence-electron chi connectivity index (χ0n) is 9.75. The Kier molecular flexibility index (Phi) is 1.38. The summed E-state index contributed by atoms with van der Waals surface area (Å²) in [6.07, 6.45) is 4.90. The topological polar surface area (TPSA) is 30.2 Å². The van der Waals surface area contributed by atoms with E-state index in [2.05, 4.69) is 13.8 Å². The molecule has 3 aliphatic carbocycles. The molecule has 0 amide bonds. The Morgan fingerprint density at radius 2 is 2.31 bits per heavy atom. The molecule has 0 aromatic carbocycles. The van der Waals surface area contributed by atoms with Crippen LogP contribution in [0.1, 0.15) is 30.2 Å². The van der Waals surface area contributed by atoms with Crippen molar-refractivity contribution >= 4 is 5.78 Å². The van der Waals surface area contributed by atoms with Gasteiger partial charge in [0.2, 0.25) is 0 Å². The third-order valence-electron chi connectivity index (χ3n) is 5.28. The van der Waals surface area contributed by atoms with Crippen molar-refractivity contribution in [3.05, 3.63) is 23.2 Å².